The third-order valence-corrected chi connectivity index (χ3v) is 5.36. The standard InChI is InChI=1S/C21H17FN6O5/c1-31-13-7-8-14(15(9-13)32-2)19-23-16(33-25-19)10-27-18-17(24-26-27)20(29)28(21(18)30)12-5-3-11(22)4-6-12/h3-9,17-18H,10H2,1-2H3/t17-,18-/m0/s1. The van der Waals surface area contributed by atoms with Gasteiger partial charge < -0.3 is 14.0 Å². The zero-order chi connectivity index (χ0) is 23.1. The summed E-state index contributed by atoms with van der Waals surface area (Å²) in [5.41, 5.74) is 0.853. The van der Waals surface area contributed by atoms with E-state index in [4.69, 9.17) is 14.0 Å². The second-order valence-corrected chi connectivity index (χ2v) is 7.26. The maximum absolute atomic E-state index is 13.2. The van der Waals surface area contributed by atoms with Crippen LogP contribution in [0.15, 0.2) is 57.3 Å². The van der Waals surface area contributed by atoms with Crippen molar-refractivity contribution in [2.75, 3.05) is 19.1 Å². The van der Waals surface area contributed by atoms with Crippen molar-refractivity contribution < 1.29 is 28.0 Å². The van der Waals surface area contributed by atoms with Gasteiger partial charge in [-0.3, -0.25) is 14.6 Å². The summed E-state index contributed by atoms with van der Waals surface area (Å²) in [6, 6.07) is 8.29. The van der Waals surface area contributed by atoms with E-state index in [0.29, 0.717) is 17.1 Å². The van der Waals surface area contributed by atoms with E-state index in [1.807, 2.05) is 0 Å². The molecule has 2 aliphatic heterocycles. The predicted octanol–water partition coefficient (Wildman–Crippen LogP) is 2.39. The molecule has 0 aliphatic carbocycles. The first-order valence-electron chi connectivity index (χ1n) is 9.86. The summed E-state index contributed by atoms with van der Waals surface area (Å²) < 4.78 is 29.1. The average Bonchev–Trinajstić information content (AvgIpc) is 3.52. The Labute approximate surface area is 186 Å². The molecule has 2 aromatic carbocycles. The van der Waals surface area contributed by atoms with Crippen molar-refractivity contribution in [2.45, 2.75) is 18.6 Å². The number of carbonyl (C=O) groups excluding carboxylic acids is 2. The second-order valence-electron chi connectivity index (χ2n) is 7.26. The Bertz CT molecular complexity index is 1260. The highest BCUT2D eigenvalue weighted by Crippen LogP contribution is 2.34. The molecule has 3 heterocycles. The van der Waals surface area contributed by atoms with Crippen LogP contribution in [0.25, 0.3) is 11.4 Å². The van der Waals surface area contributed by atoms with E-state index in [-0.39, 0.29) is 23.9 Å². The first kappa shape index (κ1) is 20.5. The molecule has 3 aromatic rings. The van der Waals surface area contributed by atoms with Gasteiger partial charge in [0.1, 0.15) is 23.9 Å². The Morgan fingerprint density at radius 2 is 1.85 bits per heavy atom. The number of carbonyl (C=O) groups is 2. The minimum absolute atomic E-state index is 0.0353. The van der Waals surface area contributed by atoms with Crippen LogP contribution in [0.5, 0.6) is 11.5 Å². The van der Waals surface area contributed by atoms with Crippen LogP contribution >= 0.6 is 0 Å². The van der Waals surface area contributed by atoms with Crippen molar-refractivity contribution >= 4 is 17.5 Å². The molecule has 2 atom stereocenters. The lowest BCUT2D eigenvalue weighted by Crippen LogP contribution is -2.39. The third-order valence-electron chi connectivity index (χ3n) is 5.36. The number of nitrogens with zero attached hydrogens (tertiary/aromatic N) is 6. The zero-order valence-corrected chi connectivity index (χ0v) is 17.5. The van der Waals surface area contributed by atoms with E-state index in [2.05, 4.69) is 20.5 Å². The molecular weight excluding hydrogens is 435 g/mol. The molecule has 168 valence electrons. The molecule has 2 aliphatic rings. The Morgan fingerprint density at radius 3 is 2.58 bits per heavy atom. The molecule has 0 N–H and O–H groups in total. The molecule has 0 saturated carbocycles. The highest BCUT2D eigenvalue weighted by atomic mass is 19.1. The fourth-order valence-electron chi connectivity index (χ4n) is 3.75. The van der Waals surface area contributed by atoms with Gasteiger partial charge in [0.2, 0.25) is 11.7 Å². The summed E-state index contributed by atoms with van der Waals surface area (Å²) in [5.74, 6) is 0.0317. The lowest BCUT2D eigenvalue weighted by molar-refractivity contribution is -0.123. The van der Waals surface area contributed by atoms with Gasteiger partial charge >= 0.3 is 0 Å². The summed E-state index contributed by atoms with van der Waals surface area (Å²) in [6.45, 7) is -0.0353. The Morgan fingerprint density at radius 1 is 1.06 bits per heavy atom. The lowest BCUT2D eigenvalue weighted by atomic mass is 10.1. The van der Waals surface area contributed by atoms with Crippen molar-refractivity contribution in [1.29, 1.82) is 0 Å². The molecule has 0 bridgehead atoms. The number of imide groups is 1. The van der Waals surface area contributed by atoms with Crippen molar-refractivity contribution in [3.8, 4) is 22.9 Å². The van der Waals surface area contributed by atoms with Gasteiger partial charge in [-0.25, -0.2) is 9.29 Å². The molecule has 1 aromatic heterocycles. The quantitative estimate of drug-likeness (QED) is 0.523. The summed E-state index contributed by atoms with van der Waals surface area (Å²) in [5, 5.41) is 13.2. The monoisotopic (exact) mass is 452 g/mol. The number of ether oxygens (including phenoxy) is 2. The molecule has 1 fully saturated rings. The minimum Gasteiger partial charge on any atom is -0.497 e. The van der Waals surface area contributed by atoms with Crippen molar-refractivity contribution in [3.05, 3.63) is 54.2 Å². The Balaban J connectivity index is 1.36. The van der Waals surface area contributed by atoms with E-state index in [0.717, 1.165) is 4.90 Å². The number of anilines is 1. The normalized spacial score (nSPS) is 19.4. The highest BCUT2D eigenvalue weighted by molar-refractivity contribution is 6.25. The van der Waals surface area contributed by atoms with Gasteiger partial charge in [0.05, 0.1) is 25.5 Å². The molecule has 11 nitrogen and oxygen atoms in total. The molecule has 0 unspecified atom stereocenters. The predicted molar refractivity (Wildman–Crippen MR) is 110 cm³/mol. The number of hydrogen-bond acceptors (Lipinski definition) is 10. The second kappa shape index (κ2) is 7.97. The topological polar surface area (TPSA) is 123 Å². The van der Waals surface area contributed by atoms with Crippen LogP contribution < -0.4 is 14.4 Å². The molecule has 0 radical (unpaired) electrons. The molecular formula is C21H17FN6O5. The molecule has 2 amide bonds. The molecule has 1 saturated heterocycles. The van der Waals surface area contributed by atoms with Crippen LogP contribution in [-0.2, 0) is 16.1 Å². The third kappa shape index (κ3) is 3.45. The maximum Gasteiger partial charge on any atom is 0.263 e. The van der Waals surface area contributed by atoms with Gasteiger partial charge in [0.25, 0.3) is 11.8 Å². The van der Waals surface area contributed by atoms with Crippen LogP contribution in [0.3, 0.4) is 0 Å². The SMILES string of the molecule is COc1ccc(-c2noc(CN3N=N[C@@H]4C(=O)N(c5ccc(F)cc5)C(=O)[C@H]43)n2)c(OC)c1. The van der Waals surface area contributed by atoms with E-state index < -0.39 is 29.7 Å². The number of aromatic nitrogens is 2. The zero-order valence-electron chi connectivity index (χ0n) is 17.5. The first-order valence-corrected chi connectivity index (χ1v) is 9.86. The Kier molecular flexibility index (Phi) is 4.96. The van der Waals surface area contributed by atoms with Crippen LogP contribution in [-0.4, -0.2) is 53.3 Å². The minimum atomic E-state index is -0.994. The average molecular weight is 452 g/mol. The van der Waals surface area contributed by atoms with Crippen molar-refractivity contribution in [3.63, 3.8) is 0 Å². The lowest BCUT2D eigenvalue weighted by Gasteiger charge is -2.19. The smallest absolute Gasteiger partial charge is 0.263 e. The molecule has 12 heteroatoms. The van der Waals surface area contributed by atoms with Crippen molar-refractivity contribution in [1.82, 2.24) is 15.1 Å². The fourth-order valence-corrected chi connectivity index (χ4v) is 3.75. The summed E-state index contributed by atoms with van der Waals surface area (Å²) in [7, 11) is 3.06. The number of hydrogen-bond donors (Lipinski definition) is 0. The largest absolute Gasteiger partial charge is 0.497 e. The Hall–Kier alpha value is -4.35. The number of rotatable bonds is 6. The van der Waals surface area contributed by atoms with Gasteiger partial charge in [-0.05, 0) is 36.4 Å². The van der Waals surface area contributed by atoms with E-state index in [1.165, 1.54) is 36.4 Å². The van der Waals surface area contributed by atoms with Gasteiger partial charge in [-0.2, -0.15) is 10.1 Å². The molecule has 33 heavy (non-hydrogen) atoms. The summed E-state index contributed by atoms with van der Waals surface area (Å²) >= 11 is 0. The molecule has 0 spiro atoms. The number of halogens is 1. The van der Waals surface area contributed by atoms with Crippen LogP contribution in [0.4, 0.5) is 10.1 Å². The van der Waals surface area contributed by atoms with Gasteiger partial charge in [-0.1, -0.05) is 10.4 Å². The number of amides is 2. The maximum atomic E-state index is 13.2. The van der Waals surface area contributed by atoms with Crippen molar-refractivity contribution in [2.24, 2.45) is 10.3 Å². The van der Waals surface area contributed by atoms with Crippen LogP contribution in [0.2, 0.25) is 0 Å². The number of methoxy groups -OCH3 is 2. The number of benzene rings is 2. The van der Waals surface area contributed by atoms with Crippen LogP contribution in [0, 0.1) is 5.82 Å². The van der Waals surface area contributed by atoms with Gasteiger partial charge in [-0.15, -0.1) is 0 Å². The van der Waals surface area contributed by atoms with E-state index in [1.54, 1.807) is 25.3 Å². The number of fused-ring (bicyclic) bond motifs is 1. The van der Waals surface area contributed by atoms with E-state index in [9.17, 15) is 14.0 Å². The highest BCUT2D eigenvalue weighted by Gasteiger charge is 2.55. The van der Waals surface area contributed by atoms with Gasteiger partial charge in [0, 0.05) is 6.07 Å². The van der Waals surface area contributed by atoms with Gasteiger partial charge in [0.15, 0.2) is 12.1 Å². The summed E-state index contributed by atoms with van der Waals surface area (Å²) in [6.07, 6.45) is 0. The summed E-state index contributed by atoms with van der Waals surface area (Å²) in [4.78, 5) is 31.1. The first-order chi connectivity index (χ1) is 16.0. The van der Waals surface area contributed by atoms with E-state index >= 15 is 0 Å². The van der Waals surface area contributed by atoms with Crippen LogP contribution in [0.1, 0.15) is 5.89 Å². The molecule has 5 rings (SSSR count). The fraction of sp³-hybridized carbons (Fsp3) is 0.238.